The fraction of sp³-hybridized carbons (Fsp3) is 0.417. The number of likely N-dealkylation sites (tertiary alicyclic amines) is 1. The van der Waals surface area contributed by atoms with Gasteiger partial charge in [-0.1, -0.05) is 6.07 Å². The zero-order valence-corrected chi connectivity index (χ0v) is 9.77. The lowest BCUT2D eigenvalue weighted by Gasteiger charge is -2.14. The number of imide groups is 1. The summed E-state index contributed by atoms with van der Waals surface area (Å²) in [5.41, 5.74) is 0.934. The SMILES string of the molecule is Cc1cccc(NCCN2C(=O)CCC2=O)n1. The van der Waals surface area contributed by atoms with E-state index in [0.29, 0.717) is 25.9 Å². The van der Waals surface area contributed by atoms with Crippen LogP contribution in [0.15, 0.2) is 18.2 Å². The fourth-order valence-electron chi connectivity index (χ4n) is 1.81. The lowest BCUT2D eigenvalue weighted by Crippen LogP contribution is -2.33. The first-order valence-electron chi connectivity index (χ1n) is 5.67. The van der Waals surface area contributed by atoms with Gasteiger partial charge in [0.15, 0.2) is 0 Å². The molecule has 5 nitrogen and oxygen atoms in total. The van der Waals surface area contributed by atoms with Gasteiger partial charge >= 0.3 is 0 Å². The topological polar surface area (TPSA) is 62.3 Å². The number of carbonyl (C=O) groups excluding carboxylic acids is 2. The molecule has 0 saturated carbocycles. The predicted octanol–water partition coefficient (Wildman–Crippen LogP) is 0.951. The van der Waals surface area contributed by atoms with Crippen LogP contribution in [-0.2, 0) is 9.59 Å². The highest BCUT2D eigenvalue weighted by molar-refractivity contribution is 6.01. The number of hydrogen-bond donors (Lipinski definition) is 1. The van der Waals surface area contributed by atoms with Gasteiger partial charge in [-0.15, -0.1) is 0 Å². The number of anilines is 1. The first kappa shape index (κ1) is 11.6. The van der Waals surface area contributed by atoms with Crippen LogP contribution in [0, 0.1) is 6.92 Å². The lowest BCUT2D eigenvalue weighted by molar-refractivity contribution is -0.138. The smallest absolute Gasteiger partial charge is 0.229 e. The first-order valence-corrected chi connectivity index (χ1v) is 5.67. The van der Waals surface area contributed by atoms with Crippen LogP contribution in [0.5, 0.6) is 0 Å². The Bertz CT molecular complexity index is 429. The van der Waals surface area contributed by atoms with Gasteiger partial charge in [-0.2, -0.15) is 0 Å². The number of carbonyl (C=O) groups is 2. The summed E-state index contributed by atoms with van der Waals surface area (Å²) in [5, 5.41) is 3.10. The summed E-state index contributed by atoms with van der Waals surface area (Å²) in [6, 6.07) is 5.69. The maximum absolute atomic E-state index is 11.3. The molecule has 0 unspecified atom stereocenters. The van der Waals surface area contributed by atoms with Crippen molar-refractivity contribution >= 4 is 17.6 Å². The number of nitrogens with zero attached hydrogens (tertiary/aromatic N) is 2. The minimum absolute atomic E-state index is 0.0750. The van der Waals surface area contributed by atoms with Crippen molar-refractivity contribution in [3.8, 4) is 0 Å². The molecule has 2 rings (SSSR count). The normalized spacial score (nSPS) is 15.5. The standard InChI is InChI=1S/C12H15N3O2/c1-9-3-2-4-10(14-9)13-7-8-15-11(16)5-6-12(15)17/h2-4H,5-8H2,1H3,(H,13,14). The maximum Gasteiger partial charge on any atom is 0.229 e. The number of pyridine rings is 1. The molecule has 0 radical (unpaired) electrons. The Morgan fingerprint density at radius 3 is 2.65 bits per heavy atom. The summed E-state index contributed by atoms with van der Waals surface area (Å²) in [5.74, 6) is 0.618. The fourth-order valence-corrected chi connectivity index (χ4v) is 1.81. The summed E-state index contributed by atoms with van der Waals surface area (Å²) >= 11 is 0. The molecule has 1 aliphatic heterocycles. The van der Waals surface area contributed by atoms with E-state index in [0.717, 1.165) is 11.5 Å². The molecule has 17 heavy (non-hydrogen) atoms. The summed E-state index contributed by atoms with van der Waals surface area (Å²) in [6.07, 6.45) is 0.697. The molecular formula is C12H15N3O2. The average Bonchev–Trinajstić information content (AvgIpc) is 2.61. The zero-order valence-electron chi connectivity index (χ0n) is 9.77. The van der Waals surface area contributed by atoms with Gasteiger partial charge in [0.1, 0.15) is 5.82 Å². The zero-order chi connectivity index (χ0) is 12.3. The Morgan fingerprint density at radius 2 is 2.00 bits per heavy atom. The molecule has 2 heterocycles. The van der Waals surface area contributed by atoms with Crippen molar-refractivity contribution in [1.82, 2.24) is 9.88 Å². The van der Waals surface area contributed by atoms with Crippen LogP contribution in [0.1, 0.15) is 18.5 Å². The molecule has 1 aliphatic rings. The van der Waals surface area contributed by atoms with Crippen LogP contribution < -0.4 is 5.32 Å². The molecule has 0 bridgehead atoms. The Kier molecular flexibility index (Phi) is 3.37. The van der Waals surface area contributed by atoms with Gasteiger partial charge < -0.3 is 5.32 Å². The van der Waals surface area contributed by atoms with E-state index in [-0.39, 0.29) is 11.8 Å². The van der Waals surface area contributed by atoms with Crippen LogP contribution in [0.3, 0.4) is 0 Å². The molecule has 0 aliphatic carbocycles. The third kappa shape index (κ3) is 2.81. The highest BCUT2D eigenvalue weighted by atomic mass is 16.2. The van der Waals surface area contributed by atoms with Crippen LogP contribution >= 0.6 is 0 Å². The van der Waals surface area contributed by atoms with Crippen LogP contribution in [0.2, 0.25) is 0 Å². The monoisotopic (exact) mass is 233 g/mol. The summed E-state index contributed by atoms with van der Waals surface area (Å²) in [6.45, 7) is 2.86. The van der Waals surface area contributed by atoms with Crippen molar-refractivity contribution in [2.75, 3.05) is 18.4 Å². The molecule has 1 N–H and O–H groups in total. The third-order valence-electron chi connectivity index (χ3n) is 2.68. The predicted molar refractivity (Wildman–Crippen MR) is 63.4 cm³/mol. The molecule has 0 atom stereocenters. The molecule has 1 aromatic heterocycles. The highest BCUT2D eigenvalue weighted by Crippen LogP contribution is 2.11. The van der Waals surface area contributed by atoms with Crippen molar-refractivity contribution in [1.29, 1.82) is 0 Å². The second-order valence-corrected chi connectivity index (χ2v) is 4.03. The number of hydrogen-bond acceptors (Lipinski definition) is 4. The van der Waals surface area contributed by atoms with Crippen LogP contribution in [0.25, 0.3) is 0 Å². The second-order valence-electron chi connectivity index (χ2n) is 4.03. The van der Waals surface area contributed by atoms with Gasteiger partial charge in [-0.05, 0) is 19.1 Å². The van der Waals surface area contributed by atoms with E-state index in [1.54, 1.807) is 0 Å². The van der Waals surface area contributed by atoms with Gasteiger partial charge in [-0.25, -0.2) is 4.98 Å². The highest BCUT2D eigenvalue weighted by Gasteiger charge is 2.27. The minimum Gasteiger partial charge on any atom is -0.368 e. The van der Waals surface area contributed by atoms with Crippen molar-refractivity contribution in [3.63, 3.8) is 0 Å². The molecule has 5 heteroatoms. The Morgan fingerprint density at radius 1 is 1.29 bits per heavy atom. The first-order chi connectivity index (χ1) is 8.16. The number of rotatable bonds is 4. The van der Waals surface area contributed by atoms with Gasteiger partial charge in [0.05, 0.1) is 0 Å². The quantitative estimate of drug-likeness (QED) is 0.786. The van der Waals surface area contributed by atoms with Crippen LogP contribution in [-0.4, -0.2) is 34.8 Å². The van der Waals surface area contributed by atoms with Gasteiger partial charge in [0, 0.05) is 31.6 Å². The summed E-state index contributed by atoms with van der Waals surface area (Å²) < 4.78 is 0. The van der Waals surface area contributed by atoms with E-state index < -0.39 is 0 Å². The molecule has 1 saturated heterocycles. The molecule has 0 spiro atoms. The van der Waals surface area contributed by atoms with Gasteiger partial charge in [0.2, 0.25) is 11.8 Å². The van der Waals surface area contributed by atoms with E-state index in [9.17, 15) is 9.59 Å². The Balaban J connectivity index is 1.83. The Labute approximate surface area is 99.8 Å². The molecule has 1 fully saturated rings. The Hall–Kier alpha value is -1.91. The third-order valence-corrected chi connectivity index (χ3v) is 2.68. The maximum atomic E-state index is 11.3. The summed E-state index contributed by atoms with van der Waals surface area (Å²) in [7, 11) is 0. The minimum atomic E-state index is -0.0750. The second kappa shape index (κ2) is 4.95. The van der Waals surface area contributed by atoms with Gasteiger partial charge in [0.25, 0.3) is 0 Å². The average molecular weight is 233 g/mol. The van der Waals surface area contributed by atoms with E-state index >= 15 is 0 Å². The number of amides is 2. The number of nitrogens with one attached hydrogen (secondary N) is 1. The van der Waals surface area contributed by atoms with Crippen molar-refractivity contribution in [2.45, 2.75) is 19.8 Å². The van der Waals surface area contributed by atoms with E-state index in [4.69, 9.17) is 0 Å². The molecule has 1 aromatic rings. The molecule has 0 aromatic carbocycles. The van der Waals surface area contributed by atoms with E-state index in [1.807, 2.05) is 25.1 Å². The molecule has 90 valence electrons. The number of aromatic nitrogens is 1. The van der Waals surface area contributed by atoms with Crippen LogP contribution in [0.4, 0.5) is 5.82 Å². The number of aryl methyl sites for hydroxylation is 1. The van der Waals surface area contributed by atoms with Gasteiger partial charge in [-0.3, -0.25) is 14.5 Å². The largest absolute Gasteiger partial charge is 0.368 e. The molecule has 2 amide bonds. The van der Waals surface area contributed by atoms with Crippen molar-refractivity contribution < 1.29 is 9.59 Å². The summed E-state index contributed by atoms with van der Waals surface area (Å²) in [4.78, 5) is 28.3. The van der Waals surface area contributed by atoms with Crippen molar-refractivity contribution in [2.24, 2.45) is 0 Å². The lowest BCUT2D eigenvalue weighted by atomic mass is 10.4. The van der Waals surface area contributed by atoms with Crippen molar-refractivity contribution in [3.05, 3.63) is 23.9 Å². The van der Waals surface area contributed by atoms with E-state index in [2.05, 4.69) is 10.3 Å². The van der Waals surface area contributed by atoms with E-state index in [1.165, 1.54) is 4.90 Å². The molecular weight excluding hydrogens is 218 g/mol.